The number of H-pyrrole nitrogens is 1. The van der Waals surface area contributed by atoms with E-state index in [2.05, 4.69) is 14.4 Å². The fourth-order valence-corrected chi connectivity index (χ4v) is 4.08. The molecule has 10 heteroatoms. The second-order valence-corrected chi connectivity index (χ2v) is 8.80. The number of nitriles is 1. The van der Waals surface area contributed by atoms with Gasteiger partial charge in [-0.2, -0.15) is 14.0 Å². The standard InChI is InChI=1S/C18H22F2N5OPS/c1-10-11(2)23-15-14(10)24-17(18(19,20)27)13(8-21)16(15)25-6-4-12(5-7-25)9-22-28(3)26/h9,12,23H,4-7,27H2,1-3H3/b22-9+. The molecule has 0 bridgehead atoms. The highest BCUT2D eigenvalue weighted by Crippen LogP contribution is 2.43. The van der Waals surface area contributed by atoms with E-state index >= 15 is 0 Å². The monoisotopic (exact) mass is 425 g/mol. The summed E-state index contributed by atoms with van der Waals surface area (Å²) in [5.74, 6) is 0.178. The Hall–Kier alpha value is -1.91. The number of aromatic nitrogens is 2. The Morgan fingerprint density at radius 2 is 2.07 bits per heavy atom. The zero-order valence-electron chi connectivity index (χ0n) is 15.9. The van der Waals surface area contributed by atoms with E-state index in [9.17, 15) is 18.3 Å². The van der Waals surface area contributed by atoms with Crippen molar-refractivity contribution in [2.45, 2.75) is 32.4 Å². The lowest BCUT2D eigenvalue weighted by molar-refractivity contribution is 0.0987. The zero-order chi connectivity index (χ0) is 20.6. The molecule has 0 amide bonds. The number of hydrogen-bond acceptors (Lipinski definition) is 4. The normalized spacial score (nSPS) is 17.4. The lowest BCUT2D eigenvalue weighted by Crippen LogP contribution is -2.35. The highest BCUT2D eigenvalue weighted by atomic mass is 32.2. The summed E-state index contributed by atoms with van der Waals surface area (Å²) in [6.07, 6.45) is 4.70. The van der Waals surface area contributed by atoms with Crippen LogP contribution in [0, 0.1) is 31.1 Å². The van der Waals surface area contributed by atoms with Crippen molar-refractivity contribution in [1.29, 1.82) is 5.26 Å². The maximum atomic E-state index is 14.2. The second-order valence-electron chi connectivity index (χ2n) is 7.02. The van der Waals surface area contributed by atoms with E-state index in [1.54, 1.807) is 6.21 Å². The smallest absolute Gasteiger partial charge is 0.301 e. The molecule has 2 unspecified atom stereocenters. The Kier molecular flexibility index (Phi) is 5.83. The van der Waals surface area contributed by atoms with Crippen LogP contribution in [0.15, 0.2) is 4.40 Å². The number of piperidine rings is 1. The van der Waals surface area contributed by atoms with Gasteiger partial charge < -0.3 is 9.88 Å². The number of hydrogen-bond donors (Lipinski definition) is 1. The van der Waals surface area contributed by atoms with Crippen molar-refractivity contribution in [3.05, 3.63) is 22.5 Å². The van der Waals surface area contributed by atoms with Gasteiger partial charge in [0.05, 0.1) is 16.7 Å². The molecule has 0 aliphatic carbocycles. The van der Waals surface area contributed by atoms with Crippen LogP contribution in [0.2, 0.25) is 0 Å². The van der Waals surface area contributed by atoms with Crippen LogP contribution in [0.4, 0.5) is 14.5 Å². The van der Waals surface area contributed by atoms with E-state index in [0.29, 0.717) is 29.8 Å². The first kappa shape index (κ1) is 20.8. The minimum absolute atomic E-state index is 0.101. The van der Waals surface area contributed by atoms with E-state index in [1.807, 2.05) is 24.8 Å². The van der Waals surface area contributed by atoms with Crippen molar-refractivity contribution in [2.24, 2.45) is 10.3 Å². The molecule has 1 fully saturated rings. The van der Waals surface area contributed by atoms with Crippen LogP contribution in [0.5, 0.6) is 0 Å². The largest absolute Gasteiger partial charge is 0.369 e. The first-order chi connectivity index (χ1) is 13.1. The Morgan fingerprint density at radius 1 is 1.43 bits per heavy atom. The molecule has 0 spiro atoms. The van der Waals surface area contributed by atoms with Gasteiger partial charge in [0.1, 0.15) is 28.3 Å². The number of fused-ring (bicyclic) bond motifs is 1. The third-order valence-corrected chi connectivity index (χ3v) is 5.80. The summed E-state index contributed by atoms with van der Waals surface area (Å²) in [4.78, 5) is 9.34. The van der Waals surface area contributed by atoms with Gasteiger partial charge in [-0.15, -0.1) is 0 Å². The number of rotatable bonds is 4. The van der Waals surface area contributed by atoms with Crippen molar-refractivity contribution >= 4 is 43.2 Å². The second kappa shape index (κ2) is 7.84. The average molecular weight is 425 g/mol. The summed E-state index contributed by atoms with van der Waals surface area (Å²) in [5.41, 5.74) is -0.726. The summed E-state index contributed by atoms with van der Waals surface area (Å²) < 4.78 is 43.6. The molecule has 6 nitrogen and oxygen atoms in total. The zero-order valence-corrected chi connectivity index (χ0v) is 17.9. The van der Waals surface area contributed by atoms with Gasteiger partial charge in [0.25, 0.3) is 0 Å². The maximum absolute atomic E-state index is 14.2. The number of aryl methyl sites for hydroxylation is 2. The number of alkyl halides is 2. The Balaban J connectivity index is 2.09. The van der Waals surface area contributed by atoms with E-state index < -0.39 is 22.3 Å². The van der Waals surface area contributed by atoms with Crippen molar-refractivity contribution in [3.63, 3.8) is 0 Å². The molecular weight excluding hydrogens is 403 g/mol. The third kappa shape index (κ3) is 3.94. The molecule has 0 saturated carbocycles. The number of aromatic amines is 1. The molecule has 0 radical (unpaired) electrons. The van der Waals surface area contributed by atoms with Crippen LogP contribution in [0.25, 0.3) is 11.0 Å². The molecule has 1 aliphatic rings. The van der Waals surface area contributed by atoms with Crippen molar-refractivity contribution < 1.29 is 13.0 Å². The van der Waals surface area contributed by atoms with Crippen LogP contribution in [0.3, 0.4) is 0 Å². The number of nitrogens with zero attached hydrogens (tertiary/aromatic N) is 4. The molecule has 0 aromatic carbocycles. The average Bonchev–Trinajstić information content (AvgIpc) is 2.92. The number of nitrogens with one attached hydrogen (secondary N) is 1. The molecule has 3 rings (SSSR count). The minimum atomic E-state index is -3.30. The van der Waals surface area contributed by atoms with Gasteiger partial charge in [-0.05, 0) is 38.2 Å². The van der Waals surface area contributed by atoms with Crippen LogP contribution < -0.4 is 4.90 Å². The molecule has 1 N–H and O–H groups in total. The van der Waals surface area contributed by atoms with Crippen molar-refractivity contribution in [3.8, 4) is 6.07 Å². The fourth-order valence-electron chi connectivity index (χ4n) is 3.53. The van der Waals surface area contributed by atoms with Crippen LogP contribution in [-0.2, 0) is 16.6 Å². The highest BCUT2D eigenvalue weighted by Gasteiger charge is 2.35. The van der Waals surface area contributed by atoms with E-state index in [4.69, 9.17) is 0 Å². The third-order valence-electron chi connectivity index (χ3n) is 5.10. The van der Waals surface area contributed by atoms with Gasteiger partial charge in [-0.1, -0.05) is 9.24 Å². The number of anilines is 1. The first-order valence-corrected chi connectivity index (χ1v) is 11.0. The highest BCUT2D eigenvalue weighted by molar-refractivity contribution is 7.83. The lowest BCUT2D eigenvalue weighted by Gasteiger charge is -2.33. The molecule has 2 atom stereocenters. The lowest BCUT2D eigenvalue weighted by atomic mass is 9.96. The molecule has 2 aromatic heterocycles. The van der Waals surface area contributed by atoms with Crippen molar-refractivity contribution in [2.75, 3.05) is 24.2 Å². The molecule has 1 saturated heterocycles. The SMILES string of the molecule is Cc1[nH]c2c(N3CCC(/C=N/S(C)=O)CC3)c(C#N)c(C(F)(F)P)nc2c1C. The predicted octanol–water partition coefficient (Wildman–Crippen LogP) is 3.56. The predicted molar refractivity (Wildman–Crippen MR) is 111 cm³/mol. The number of halogens is 2. The molecule has 3 heterocycles. The van der Waals surface area contributed by atoms with E-state index in [-0.39, 0.29) is 11.5 Å². The van der Waals surface area contributed by atoms with Crippen LogP contribution >= 0.6 is 9.24 Å². The van der Waals surface area contributed by atoms with Gasteiger partial charge in [0.15, 0.2) is 0 Å². The van der Waals surface area contributed by atoms with Crippen LogP contribution in [0.1, 0.15) is 35.4 Å². The Bertz CT molecular complexity index is 1000. The molecule has 150 valence electrons. The van der Waals surface area contributed by atoms with E-state index in [0.717, 1.165) is 24.1 Å². The quantitative estimate of drug-likeness (QED) is 0.600. The molecular formula is C18H22F2N5OPS. The molecule has 1 aliphatic heterocycles. The van der Waals surface area contributed by atoms with Crippen molar-refractivity contribution in [1.82, 2.24) is 9.97 Å². The molecule has 28 heavy (non-hydrogen) atoms. The maximum Gasteiger partial charge on any atom is 0.301 e. The summed E-state index contributed by atoms with van der Waals surface area (Å²) in [7, 11) is 0.250. The van der Waals surface area contributed by atoms with E-state index in [1.165, 1.54) is 15.5 Å². The molecule has 2 aromatic rings. The van der Waals surface area contributed by atoms with Gasteiger partial charge in [-0.25, -0.2) is 13.6 Å². The summed E-state index contributed by atoms with van der Waals surface area (Å²) in [5, 5.41) is 9.70. The Morgan fingerprint density at radius 3 is 2.61 bits per heavy atom. The Labute approximate surface area is 167 Å². The summed E-state index contributed by atoms with van der Waals surface area (Å²) in [6, 6.07) is 1.96. The fraction of sp³-hybridized carbons (Fsp3) is 0.500. The van der Waals surface area contributed by atoms with Gasteiger partial charge in [0, 0.05) is 31.3 Å². The topological polar surface area (TPSA) is 85.1 Å². The number of pyridine rings is 1. The van der Waals surface area contributed by atoms with Crippen LogP contribution in [-0.4, -0.2) is 39.7 Å². The summed E-state index contributed by atoms with van der Waals surface area (Å²) in [6.45, 7) is 4.85. The van der Waals surface area contributed by atoms with Gasteiger partial charge >= 0.3 is 5.66 Å². The van der Waals surface area contributed by atoms with Gasteiger partial charge in [-0.3, -0.25) is 0 Å². The van der Waals surface area contributed by atoms with Gasteiger partial charge in [0.2, 0.25) is 0 Å². The first-order valence-electron chi connectivity index (χ1n) is 8.86. The summed E-state index contributed by atoms with van der Waals surface area (Å²) >= 11 is 0. The minimum Gasteiger partial charge on any atom is -0.369 e.